The quantitative estimate of drug-likeness (QED) is 0.452. The number of aliphatic hydroxyl groups excluding tert-OH is 1. The molecule has 0 saturated carbocycles. The number of rotatable bonds is 9. The zero-order valence-corrected chi connectivity index (χ0v) is 18.4. The van der Waals surface area contributed by atoms with Gasteiger partial charge in [0, 0.05) is 30.2 Å². The van der Waals surface area contributed by atoms with Gasteiger partial charge in [0.1, 0.15) is 5.82 Å². The fourth-order valence-electron chi connectivity index (χ4n) is 3.72. The Bertz CT molecular complexity index is 1080. The molecule has 2 heterocycles. The smallest absolute Gasteiger partial charge is 0.286 e. The van der Waals surface area contributed by atoms with Gasteiger partial charge in [0.2, 0.25) is 6.29 Å². The number of carbonyl (C=O) groups is 1. The molecule has 3 aromatic rings. The molecule has 0 aliphatic carbocycles. The van der Waals surface area contributed by atoms with Gasteiger partial charge in [-0.25, -0.2) is 4.39 Å². The minimum Gasteiger partial charge on any atom is -0.459 e. The van der Waals surface area contributed by atoms with Crippen LogP contribution >= 0.6 is 11.3 Å². The van der Waals surface area contributed by atoms with E-state index in [1.54, 1.807) is 23.5 Å². The third-order valence-corrected chi connectivity index (χ3v) is 6.40. The van der Waals surface area contributed by atoms with Gasteiger partial charge in [-0.3, -0.25) is 4.79 Å². The van der Waals surface area contributed by atoms with Crippen molar-refractivity contribution in [3.63, 3.8) is 0 Å². The number of benzene rings is 2. The van der Waals surface area contributed by atoms with E-state index in [-0.39, 0.29) is 36.6 Å². The summed E-state index contributed by atoms with van der Waals surface area (Å²) in [6.07, 6.45) is 3.30. The van der Waals surface area contributed by atoms with Gasteiger partial charge in [0.25, 0.3) is 5.91 Å². The molecular weight excluding hydrogens is 429 g/mol. The monoisotopic (exact) mass is 455 g/mol. The Morgan fingerprint density at radius 3 is 2.81 bits per heavy atom. The van der Waals surface area contributed by atoms with Crippen molar-refractivity contribution in [2.75, 3.05) is 13.2 Å². The fourth-order valence-corrected chi connectivity index (χ4v) is 4.75. The Labute approximate surface area is 190 Å². The highest BCUT2D eigenvalue weighted by atomic mass is 32.1. The number of hydrogen-bond acceptors (Lipinski definition) is 5. The van der Waals surface area contributed by atoms with E-state index in [4.69, 9.17) is 14.6 Å². The van der Waals surface area contributed by atoms with E-state index < -0.39 is 6.29 Å². The minimum absolute atomic E-state index is 0.0192. The predicted octanol–water partition coefficient (Wildman–Crippen LogP) is 4.86. The first-order valence-electron chi connectivity index (χ1n) is 10.7. The number of fused-ring (bicyclic) bond motifs is 1. The van der Waals surface area contributed by atoms with Crippen molar-refractivity contribution in [3.8, 4) is 0 Å². The van der Waals surface area contributed by atoms with Crippen molar-refractivity contribution in [3.05, 3.63) is 82.7 Å². The first-order chi connectivity index (χ1) is 15.6. The van der Waals surface area contributed by atoms with Crippen LogP contribution in [0.25, 0.3) is 10.1 Å². The second-order valence-electron chi connectivity index (χ2n) is 7.72. The first-order valence-corrected chi connectivity index (χ1v) is 11.6. The number of nitrogens with one attached hydrogen (secondary N) is 1. The van der Waals surface area contributed by atoms with Gasteiger partial charge in [-0.1, -0.05) is 30.3 Å². The zero-order chi connectivity index (χ0) is 22.3. The average Bonchev–Trinajstić information content (AvgIpc) is 3.25. The first kappa shape index (κ1) is 22.5. The van der Waals surface area contributed by atoms with Gasteiger partial charge in [-0.15, -0.1) is 11.3 Å². The molecule has 0 bridgehead atoms. The van der Waals surface area contributed by atoms with E-state index in [0.29, 0.717) is 19.4 Å². The number of amides is 1. The van der Waals surface area contributed by atoms with E-state index in [9.17, 15) is 9.18 Å². The lowest BCUT2D eigenvalue weighted by atomic mass is 9.92. The van der Waals surface area contributed by atoms with E-state index in [0.717, 1.165) is 17.5 Å². The molecule has 1 aliphatic heterocycles. The van der Waals surface area contributed by atoms with Gasteiger partial charge in [-0.2, -0.15) is 0 Å². The molecule has 2 N–H and O–H groups in total. The fraction of sp³-hybridized carbons (Fsp3) is 0.320. The number of hydrogen-bond donors (Lipinski definition) is 2. The molecule has 1 aromatic heterocycles. The van der Waals surface area contributed by atoms with Crippen molar-refractivity contribution in [1.29, 1.82) is 0 Å². The second kappa shape index (κ2) is 10.7. The third kappa shape index (κ3) is 5.54. The molecule has 5 nitrogen and oxygen atoms in total. The molecule has 0 radical (unpaired) electrons. The molecule has 0 spiro atoms. The molecule has 168 valence electrons. The van der Waals surface area contributed by atoms with Crippen LogP contribution in [0.3, 0.4) is 0 Å². The summed E-state index contributed by atoms with van der Waals surface area (Å²) in [4.78, 5) is 12.9. The van der Waals surface area contributed by atoms with Crippen LogP contribution in [0.15, 0.2) is 65.7 Å². The normalized spacial score (nSPS) is 18.2. The molecule has 4 rings (SSSR count). The molecular formula is C25H26FNO4S. The molecule has 7 heteroatoms. The van der Waals surface area contributed by atoms with Gasteiger partial charge in [0.05, 0.1) is 6.61 Å². The van der Waals surface area contributed by atoms with E-state index in [1.807, 2.05) is 18.2 Å². The average molecular weight is 456 g/mol. The summed E-state index contributed by atoms with van der Waals surface area (Å²) in [5.74, 6) is -0.437. The van der Waals surface area contributed by atoms with Crippen LogP contribution in [0.2, 0.25) is 0 Å². The summed E-state index contributed by atoms with van der Waals surface area (Å²) in [6, 6.07) is 14.2. The summed E-state index contributed by atoms with van der Waals surface area (Å²) in [5, 5.41) is 15.1. The van der Waals surface area contributed by atoms with Crippen molar-refractivity contribution >= 4 is 27.3 Å². The minimum atomic E-state index is -0.547. The number of aliphatic hydroxyl groups is 1. The maximum absolute atomic E-state index is 13.1. The number of thiophene rings is 1. The van der Waals surface area contributed by atoms with Crippen LogP contribution in [-0.4, -0.2) is 30.5 Å². The van der Waals surface area contributed by atoms with Crippen LogP contribution in [0.5, 0.6) is 0 Å². The topological polar surface area (TPSA) is 67.8 Å². The van der Waals surface area contributed by atoms with Crippen LogP contribution in [0, 0.1) is 5.82 Å². The van der Waals surface area contributed by atoms with Crippen molar-refractivity contribution in [2.24, 2.45) is 0 Å². The Morgan fingerprint density at radius 2 is 2.00 bits per heavy atom. The SMILES string of the molecule is O=C(NCc1ccc(F)cc1)C1=C[C@@H](c2csc3ccccc23)C[C@@H](OCCCCO)O1. The van der Waals surface area contributed by atoms with Crippen molar-refractivity contribution in [1.82, 2.24) is 5.32 Å². The Balaban J connectivity index is 1.51. The van der Waals surface area contributed by atoms with Gasteiger partial charge in [0.15, 0.2) is 5.76 Å². The summed E-state index contributed by atoms with van der Waals surface area (Å²) in [5.41, 5.74) is 1.95. The molecule has 32 heavy (non-hydrogen) atoms. The van der Waals surface area contributed by atoms with Gasteiger partial charge < -0.3 is 19.9 Å². The maximum Gasteiger partial charge on any atom is 0.286 e. The Hall–Kier alpha value is -2.74. The molecule has 0 saturated heterocycles. The van der Waals surface area contributed by atoms with Gasteiger partial charge in [-0.05, 0) is 59.0 Å². The number of unbranched alkanes of at least 4 members (excludes halogenated alkanes) is 1. The zero-order valence-electron chi connectivity index (χ0n) is 17.6. The number of ether oxygens (including phenoxy) is 2. The lowest BCUT2D eigenvalue weighted by Gasteiger charge is -2.29. The van der Waals surface area contributed by atoms with Crippen LogP contribution in [0.4, 0.5) is 4.39 Å². The molecule has 0 fully saturated rings. The highest BCUT2D eigenvalue weighted by Crippen LogP contribution is 2.38. The highest BCUT2D eigenvalue weighted by Gasteiger charge is 2.29. The van der Waals surface area contributed by atoms with Crippen LogP contribution in [0.1, 0.15) is 36.3 Å². The molecule has 1 aliphatic rings. The Kier molecular flexibility index (Phi) is 7.52. The number of halogens is 1. The molecule has 2 aromatic carbocycles. The lowest BCUT2D eigenvalue weighted by Crippen LogP contribution is -2.32. The predicted molar refractivity (Wildman–Crippen MR) is 123 cm³/mol. The standard InChI is InChI=1S/C25H26FNO4S/c26-19-9-7-17(8-10-19)15-27-25(29)22-13-18(14-24(31-22)30-12-4-3-11-28)21-16-32-23-6-2-1-5-20(21)23/h1-2,5-10,13,16,18,24,28H,3-4,11-12,14-15H2,(H,27,29)/t18-,24+/m1/s1. The Morgan fingerprint density at radius 1 is 1.19 bits per heavy atom. The third-order valence-electron chi connectivity index (χ3n) is 5.41. The van der Waals surface area contributed by atoms with Gasteiger partial charge >= 0.3 is 0 Å². The summed E-state index contributed by atoms with van der Waals surface area (Å²) < 4.78 is 26.1. The second-order valence-corrected chi connectivity index (χ2v) is 8.63. The molecule has 2 atom stereocenters. The van der Waals surface area contributed by atoms with E-state index in [2.05, 4.69) is 22.8 Å². The summed E-state index contributed by atoms with van der Waals surface area (Å²) in [6.45, 7) is 0.843. The number of carbonyl (C=O) groups excluding carboxylic acids is 1. The van der Waals surface area contributed by atoms with Crippen molar-refractivity contribution < 1.29 is 23.8 Å². The van der Waals surface area contributed by atoms with Crippen molar-refractivity contribution in [2.45, 2.75) is 38.0 Å². The maximum atomic E-state index is 13.1. The summed E-state index contributed by atoms with van der Waals surface area (Å²) >= 11 is 1.68. The largest absolute Gasteiger partial charge is 0.459 e. The lowest BCUT2D eigenvalue weighted by molar-refractivity contribution is -0.146. The van der Waals surface area contributed by atoms with Crippen LogP contribution in [-0.2, 0) is 20.8 Å². The summed E-state index contributed by atoms with van der Waals surface area (Å²) in [7, 11) is 0. The highest BCUT2D eigenvalue weighted by molar-refractivity contribution is 7.17. The van der Waals surface area contributed by atoms with E-state index in [1.165, 1.54) is 22.2 Å². The number of allylic oxidation sites excluding steroid dienone is 1. The molecule has 0 unspecified atom stereocenters. The molecule has 1 amide bonds. The van der Waals surface area contributed by atoms with Crippen LogP contribution < -0.4 is 5.32 Å². The van der Waals surface area contributed by atoms with E-state index >= 15 is 0 Å².